The van der Waals surface area contributed by atoms with E-state index in [0.29, 0.717) is 16.5 Å². The van der Waals surface area contributed by atoms with Crippen molar-refractivity contribution in [1.82, 2.24) is 20.2 Å². The van der Waals surface area contributed by atoms with Crippen LogP contribution in [0.15, 0.2) is 53.7 Å². The van der Waals surface area contributed by atoms with Crippen molar-refractivity contribution in [3.05, 3.63) is 59.7 Å². The lowest BCUT2D eigenvalue weighted by molar-refractivity contribution is -0.121. The average Bonchev–Trinajstić information content (AvgIpc) is 3.14. The lowest BCUT2D eigenvalue weighted by Gasteiger charge is -2.27. The molecule has 0 fully saturated rings. The van der Waals surface area contributed by atoms with Gasteiger partial charge in [0.05, 0.1) is 11.3 Å². The average molecular weight is 460 g/mol. The van der Waals surface area contributed by atoms with Crippen molar-refractivity contribution in [2.75, 3.05) is 5.84 Å². The van der Waals surface area contributed by atoms with Gasteiger partial charge in [0.15, 0.2) is 5.82 Å². The highest BCUT2D eigenvalue weighted by Gasteiger charge is 2.25. The third-order valence-corrected chi connectivity index (χ3v) is 6.40. The Morgan fingerprint density at radius 3 is 2.72 bits per heavy atom. The molecule has 0 saturated heterocycles. The quantitative estimate of drug-likeness (QED) is 0.411. The first-order valence-electron chi connectivity index (χ1n) is 10.2. The molecule has 0 saturated carbocycles. The molecule has 7 nitrogen and oxygen atoms in total. The summed E-state index contributed by atoms with van der Waals surface area (Å²) in [6.45, 7) is -1.10. The Morgan fingerprint density at radius 1 is 1.22 bits per heavy atom. The molecule has 10 heteroatoms. The van der Waals surface area contributed by atoms with Gasteiger partial charge in [-0.05, 0) is 61.6 Å². The highest BCUT2D eigenvalue weighted by molar-refractivity contribution is 8.00. The van der Waals surface area contributed by atoms with Crippen LogP contribution in [0.3, 0.4) is 0 Å². The molecular weight excluding hydrogens is 436 g/mol. The number of hydrogen-bond donors (Lipinski definition) is 2. The van der Waals surface area contributed by atoms with Crippen molar-refractivity contribution in [1.29, 1.82) is 0 Å². The number of nitrogen functional groups attached to an aromatic ring is 1. The zero-order valence-corrected chi connectivity index (χ0v) is 18.2. The zero-order valence-electron chi connectivity index (χ0n) is 17.4. The second kappa shape index (κ2) is 9.56. The number of aryl methyl sites for hydroxylation is 1. The molecule has 1 amide bonds. The maximum absolute atomic E-state index is 12.8. The van der Waals surface area contributed by atoms with E-state index < -0.39 is 11.9 Å². The predicted molar refractivity (Wildman–Crippen MR) is 118 cm³/mol. The number of halogens is 2. The van der Waals surface area contributed by atoms with Crippen molar-refractivity contribution in [3.63, 3.8) is 0 Å². The largest absolute Gasteiger partial charge is 0.435 e. The Morgan fingerprint density at radius 2 is 1.97 bits per heavy atom. The number of carbonyl (C=O) groups excluding carboxylic acids is 1. The number of nitrogens with one attached hydrogen (secondary N) is 1. The number of alkyl halides is 2. The molecule has 3 aromatic rings. The topological polar surface area (TPSA) is 95.1 Å². The van der Waals surface area contributed by atoms with Crippen LogP contribution in [0, 0.1) is 0 Å². The van der Waals surface area contributed by atoms with Crippen LogP contribution in [0.2, 0.25) is 0 Å². The van der Waals surface area contributed by atoms with Crippen LogP contribution >= 0.6 is 11.8 Å². The second-order valence-electron chi connectivity index (χ2n) is 7.49. The minimum atomic E-state index is -2.89. The third kappa shape index (κ3) is 4.85. The summed E-state index contributed by atoms with van der Waals surface area (Å²) < 4.78 is 30.3. The number of carbonyl (C=O) groups is 1. The SMILES string of the molecule is C[C@H](Sc1nnc(-c2ccc(OC(F)F)cc2)n1N)C(=O)N[C@H]1CCCc2ccccc21. The number of nitrogens with zero attached hydrogens (tertiary/aromatic N) is 3. The summed E-state index contributed by atoms with van der Waals surface area (Å²) in [6.07, 6.45) is 2.97. The van der Waals surface area contributed by atoms with Gasteiger partial charge in [0.25, 0.3) is 0 Å². The highest BCUT2D eigenvalue weighted by atomic mass is 32.2. The molecule has 168 valence electrons. The Balaban J connectivity index is 1.41. The monoisotopic (exact) mass is 459 g/mol. The van der Waals surface area contributed by atoms with Crippen LogP contribution in [-0.2, 0) is 11.2 Å². The molecule has 0 bridgehead atoms. The van der Waals surface area contributed by atoms with E-state index in [0.717, 1.165) is 19.3 Å². The highest BCUT2D eigenvalue weighted by Crippen LogP contribution is 2.31. The van der Waals surface area contributed by atoms with E-state index >= 15 is 0 Å². The number of fused-ring (bicyclic) bond motifs is 1. The van der Waals surface area contributed by atoms with Crippen LogP contribution in [0.1, 0.15) is 36.9 Å². The Bertz CT molecular complexity index is 1090. The summed E-state index contributed by atoms with van der Waals surface area (Å²) in [5.74, 6) is 6.43. The van der Waals surface area contributed by atoms with Gasteiger partial charge >= 0.3 is 6.61 Å². The maximum atomic E-state index is 12.8. The van der Waals surface area contributed by atoms with Crippen LogP contribution < -0.4 is 15.9 Å². The van der Waals surface area contributed by atoms with E-state index in [1.54, 1.807) is 19.1 Å². The molecule has 2 atom stereocenters. The molecular formula is C22H23F2N5O2S. The minimum absolute atomic E-state index is 0.00391. The molecule has 1 aromatic heterocycles. The van der Waals surface area contributed by atoms with E-state index in [9.17, 15) is 13.6 Å². The van der Waals surface area contributed by atoms with Crippen molar-refractivity contribution in [2.24, 2.45) is 0 Å². The van der Waals surface area contributed by atoms with Gasteiger partial charge in [-0.2, -0.15) is 8.78 Å². The zero-order chi connectivity index (χ0) is 22.7. The number of thioether (sulfide) groups is 1. The summed E-state index contributed by atoms with van der Waals surface area (Å²) in [7, 11) is 0. The first-order valence-corrected chi connectivity index (χ1v) is 11.1. The first kappa shape index (κ1) is 22.1. The number of ether oxygens (including phenoxy) is 1. The molecule has 1 aliphatic carbocycles. The molecule has 0 aliphatic heterocycles. The van der Waals surface area contributed by atoms with Gasteiger partial charge in [-0.1, -0.05) is 36.0 Å². The van der Waals surface area contributed by atoms with E-state index in [2.05, 4.69) is 32.4 Å². The molecule has 1 heterocycles. The molecule has 2 aromatic carbocycles. The number of amides is 1. The van der Waals surface area contributed by atoms with Crippen LogP contribution in [0.25, 0.3) is 11.4 Å². The number of hydrogen-bond acceptors (Lipinski definition) is 6. The second-order valence-corrected chi connectivity index (χ2v) is 8.80. The number of aromatic nitrogens is 3. The minimum Gasteiger partial charge on any atom is -0.435 e. The summed E-state index contributed by atoms with van der Waals surface area (Å²) >= 11 is 1.20. The number of nitrogens with two attached hydrogens (primary N) is 1. The van der Waals surface area contributed by atoms with Crippen LogP contribution in [0.4, 0.5) is 8.78 Å². The Hall–Kier alpha value is -3.14. The van der Waals surface area contributed by atoms with Gasteiger partial charge in [0, 0.05) is 5.56 Å². The van der Waals surface area contributed by atoms with Gasteiger partial charge in [-0.15, -0.1) is 10.2 Å². The fourth-order valence-electron chi connectivity index (χ4n) is 3.74. The van der Waals surface area contributed by atoms with Crippen LogP contribution in [0.5, 0.6) is 5.75 Å². The molecule has 32 heavy (non-hydrogen) atoms. The normalized spacial score (nSPS) is 16.4. The molecule has 0 radical (unpaired) electrons. The van der Waals surface area contributed by atoms with E-state index in [4.69, 9.17) is 5.84 Å². The van der Waals surface area contributed by atoms with Crippen LogP contribution in [-0.4, -0.2) is 32.6 Å². The van der Waals surface area contributed by atoms with Gasteiger partial charge < -0.3 is 15.9 Å². The van der Waals surface area contributed by atoms with Crippen molar-refractivity contribution >= 4 is 17.7 Å². The predicted octanol–water partition coefficient (Wildman–Crippen LogP) is 3.93. The van der Waals surface area contributed by atoms with Crippen molar-refractivity contribution in [3.8, 4) is 17.1 Å². The molecule has 4 rings (SSSR count). The fraction of sp³-hybridized carbons (Fsp3) is 0.318. The van der Waals surface area contributed by atoms with Gasteiger partial charge in [-0.3, -0.25) is 4.79 Å². The van der Waals surface area contributed by atoms with Crippen molar-refractivity contribution in [2.45, 2.75) is 49.2 Å². The van der Waals surface area contributed by atoms with E-state index in [1.807, 2.05) is 12.1 Å². The van der Waals surface area contributed by atoms with Gasteiger partial charge in [-0.25, -0.2) is 4.68 Å². The van der Waals surface area contributed by atoms with Crippen molar-refractivity contribution < 1.29 is 18.3 Å². The Kier molecular flexibility index (Phi) is 6.59. The summed E-state index contributed by atoms with van der Waals surface area (Å²) in [4.78, 5) is 12.8. The lowest BCUT2D eigenvalue weighted by atomic mass is 9.88. The van der Waals surface area contributed by atoms with Gasteiger partial charge in [0.1, 0.15) is 5.75 Å². The van der Waals surface area contributed by atoms with E-state index in [-0.39, 0.29) is 17.7 Å². The third-order valence-electron chi connectivity index (χ3n) is 5.34. The maximum Gasteiger partial charge on any atom is 0.387 e. The molecule has 1 aliphatic rings. The Labute approximate surface area is 188 Å². The standard InChI is InChI=1S/C22H23F2N5O2S/c1-13(20(30)26-18-8-4-6-14-5-2-3-7-17(14)18)32-22-28-27-19(29(22)25)15-9-11-16(12-10-15)31-21(23)24/h2-3,5,7,9-13,18,21H,4,6,8,25H2,1H3,(H,26,30)/t13-,18-/m0/s1. The molecule has 0 spiro atoms. The smallest absolute Gasteiger partial charge is 0.387 e. The first-order chi connectivity index (χ1) is 15.4. The van der Waals surface area contributed by atoms with E-state index in [1.165, 1.54) is 39.7 Å². The number of rotatable bonds is 7. The summed E-state index contributed by atoms with van der Waals surface area (Å²) in [5, 5.41) is 11.2. The fourth-order valence-corrected chi connectivity index (χ4v) is 4.52. The lowest BCUT2D eigenvalue weighted by Crippen LogP contribution is -2.36. The molecule has 3 N–H and O–H groups in total. The molecule has 0 unspecified atom stereocenters. The summed E-state index contributed by atoms with van der Waals surface area (Å²) in [5.41, 5.74) is 3.04. The number of benzene rings is 2. The van der Waals surface area contributed by atoms with Gasteiger partial charge in [0.2, 0.25) is 11.1 Å². The summed E-state index contributed by atoms with van der Waals surface area (Å²) in [6, 6.07) is 14.1.